The zero-order valence-electron chi connectivity index (χ0n) is 11.4. The second-order valence-electron chi connectivity index (χ2n) is 4.25. The zero-order valence-corrected chi connectivity index (χ0v) is 10.4. The summed E-state index contributed by atoms with van der Waals surface area (Å²) in [6.07, 6.45) is -1.28. The van der Waals surface area contributed by atoms with Crippen molar-refractivity contribution in [2.75, 3.05) is 0 Å². The van der Waals surface area contributed by atoms with E-state index in [4.69, 9.17) is 10.8 Å². The molecular formula is C14H16O4. The molecule has 1 aliphatic rings. The smallest absolute Gasteiger partial charge is 0.303 e. The van der Waals surface area contributed by atoms with Crippen molar-refractivity contribution in [2.24, 2.45) is 0 Å². The maximum atomic E-state index is 11.3. The van der Waals surface area contributed by atoms with Gasteiger partial charge in [-0.1, -0.05) is 24.3 Å². The topological polar surface area (TPSA) is 52.6 Å². The molecule has 2 atom stereocenters. The molecule has 4 heteroatoms. The van der Waals surface area contributed by atoms with Gasteiger partial charge in [-0.05, 0) is 24.0 Å². The molecule has 1 aromatic rings. The minimum atomic E-state index is -1.66. The van der Waals surface area contributed by atoms with E-state index in [-0.39, 0.29) is 0 Å². The Morgan fingerprint density at radius 1 is 1.22 bits per heavy atom. The van der Waals surface area contributed by atoms with Crippen LogP contribution in [0.3, 0.4) is 0 Å². The van der Waals surface area contributed by atoms with E-state index in [0.29, 0.717) is 18.4 Å². The monoisotopic (exact) mass is 249 g/mol. The molecule has 1 aromatic carbocycles. The highest BCUT2D eigenvalue weighted by Crippen LogP contribution is 2.34. The van der Waals surface area contributed by atoms with Gasteiger partial charge in [0.15, 0.2) is 6.08 Å². The molecule has 4 nitrogen and oxygen atoms in total. The van der Waals surface area contributed by atoms with Crippen LogP contribution >= 0.6 is 0 Å². The highest BCUT2D eigenvalue weighted by molar-refractivity contribution is 5.67. The fourth-order valence-electron chi connectivity index (χ4n) is 2.16. The van der Waals surface area contributed by atoms with Gasteiger partial charge in [-0.15, -0.1) is 0 Å². The molecule has 0 N–H and O–H groups in total. The van der Waals surface area contributed by atoms with E-state index in [0.717, 1.165) is 5.56 Å². The molecular weight excluding hydrogens is 232 g/mol. The largest absolute Gasteiger partial charge is 0.458 e. The Kier molecular flexibility index (Phi) is 3.26. The van der Waals surface area contributed by atoms with E-state index in [9.17, 15) is 9.59 Å². The maximum Gasteiger partial charge on any atom is 0.303 e. The van der Waals surface area contributed by atoms with Gasteiger partial charge in [0.2, 0.25) is 0 Å². The molecule has 0 unspecified atom stereocenters. The molecule has 0 amide bonds. The van der Waals surface area contributed by atoms with Crippen molar-refractivity contribution in [3.8, 4) is 0 Å². The number of fused-ring (bicyclic) bond motifs is 1. The van der Waals surface area contributed by atoms with Crippen molar-refractivity contribution in [3.05, 3.63) is 35.4 Å². The molecule has 0 bridgehead atoms. The molecule has 0 spiro atoms. The molecule has 1 aliphatic carbocycles. The lowest BCUT2D eigenvalue weighted by Crippen LogP contribution is -2.32. The van der Waals surface area contributed by atoms with E-state index in [1.165, 1.54) is 13.8 Å². The molecule has 0 heterocycles. The molecule has 0 saturated carbocycles. The third-order valence-corrected chi connectivity index (χ3v) is 2.81. The van der Waals surface area contributed by atoms with Crippen LogP contribution in [0.4, 0.5) is 0 Å². The highest BCUT2D eigenvalue weighted by atomic mass is 16.6. The van der Waals surface area contributed by atoms with Crippen LogP contribution in [0.2, 0.25) is 0 Å². The van der Waals surface area contributed by atoms with Crippen molar-refractivity contribution in [3.63, 3.8) is 0 Å². The fraction of sp³-hybridized carbons (Fsp3) is 0.429. The molecule has 0 aromatic heterocycles. The molecule has 18 heavy (non-hydrogen) atoms. The minimum Gasteiger partial charge on any atom is -0.458 e. The first kappa shape index (κ1) is 11.3. The van der Waals surface area contributed by atoms with Gasteiger partial charge in [0, 0.05) is 13.8 Å². The second kappa shape index (κ2) is 5.21. The third-order valence-electron chi connectivity index (χ3n) is 2.81. The third kappa shape index (κ3) is 2.70. The molecule has 0 saturated heterocycles. The Bertz CT molecular complexity index is 514. The number of carbonyl (C=O) groups excluding carboxylic acids is 2. The Morgan fingerprint density at radius 3 is 2.56 bits per heavy atom. The summed E-state index contributed by atoms with van der Waals surface area (Å²) in [5, 5.41) is 0. The Balaban J connectivity index is 2.44. The van der Waals surface area contributed by atoms with Crippen LogP contribution in [0.5, 0.6) is 0 Å². The van der Waals surface area contributed by atoms with Crippen LogP contribution < -0.4 is 0 Å². The molecule has 0 radical (unpaired) electrons. The lowest BCUT2D eigenvalue weighted by Gasteiger charge is -2.32. The zero-order chi connectivity index (χ0) is 14.0. The van der Waals surface area contributed by atoms with Gasteiger partial charge < -0.3 is 9.47 Å². The minimum absolute atomic E-state index is 0.466. The number of carbonyl (C=O) groups is 2. The Morgan fingerprint density at radius 2 is 1.89 bits per heavy atom. The van der Waals surface area contributed by atoms with Gasteiger partial charge in [-0.2, -0.15) is 0 Å². The summed E-state index contributed by atoms with van der Waals surface area (Å²) in [7, 11) is 0. The van der Waals surface area contributed by atoms with E-state index >= 15 is 0 Å². The van der Waals surface area contributed by atoms with E-state index < -0.39 is 24.1 Å². The average Bonchev–Trinajstić information content (AvgIpc) is 2.32. The predicted octanol–water partition coefficient (Wildman–Crippen LogP) is 2.17. The quantitative estimate of drug-likeness (QED) is 0.754. The summed E-state index contributed by atoms with van der Waals surface area (Å²) in [6, 6.07) is 7.29. The van der Waals surface area contributed by atoms with Crippen LogP contribution in [-0.2, 0) is 25.5 Å². The normalized spacial score (nSPS) is 26.8. The summed E-state index contributed by atoms with van der Waals surface area (Å²) in [4.78, 5) is 22.4. The van der Waals surface area contributed by atoms with Crippen molar-refractivity contribution < 1.29 is 20.4 Å². The standard InChI is InChI=1S/C14H16O4/c1-9(15)17-13-8-7-11-5-3-4-6-12(11)14(13)18-10(2)16/h3-6,13-14H,7-8H2,1-2H3/t13-,14-/m0/s1/i14D. The van der Waals surface area contributed by atoms with Crippen LogP contribution in [0.25, 0.3) is 0 Å². The van der Waals surface area contributed by atoms with Gasteiger partial charge in [0.1, 0.15) is 6.10 Å². The average molecular weight is 249 g/mol. The fourth-order valence-corrected chi connectivity index (χ4v) is 2.16. The van der Waals surface area contributed by atoms with E-state index in [2.05, 4.69) is 0 Å². The number of hydrogen-bond acceptors (Lipinski definition) is 4. The summed E-state index contributed by atoms with van der Waals surface area (Å²) in [5.41, 5.74) is 1.53. The highest BCUT2D eigenvalue weighted by Gasteiger charge is 2.33. The first-order chi connectivity index (χ1) is 8.93. The van der Waals surface area contributed by atoms with Gasteiger partial charge in [0.25, 0.3) is 0 Å². The summed E-state index contributed by atoms with van der Waals surface area (Å²) in [5.74, 6) is -1.04. The Labute approximate surface area is 107 Å². The molecule has 2 rings (SSSR count). The number of rotatable bonds is 2. The van der Waals surface area contributed by atoms with Crippen LogP contribution in [-0.4, -0.2) is 18.0 Å². The maximum absolute atomic E-state index is 11.3. The summed E-state index contributed by atoms with van der Waals surface area (Å²) in [6.45, 7) is 2.53. The number of ether oxygens (including phenoxy) is 2. The predicted molar refractivity (Wildman–Crippen MR) is 64.8 cm³/mol. The number of esters is 2. The van der Waals surface area contributed by atoms with Gasteiger partial charge >= 0.3 is 11.9 Å². The number of aryl methyl sites for hydroxylation is 1. The van der Waals surface area contributed by atoms with Crippen molar-refractivity contribution in [1.29, 1.82) is 0 Å². The summed E-state index contributed by atoms with van der Waals surface area (Å²) >= 11 is 0. The van der Waals surface area contributed by atoms with Crippen molar-refractivity contribution in [1.82, 2.24) is 0 Å². The van der Waals surface area contributed by atoms with Gasteiger partial charge in [-0.3, -0.25) is 9.59 Å². The first-order valence-corrected chi connectivity index (χ1v) is 5.88. The lowest BCUT2D eigenvalue weighted by molar-refractivity contribution is -0.167. The van der Waals surface area contributed by atoms with E-state index in [1.807, 2.05) is 12.1 Å². The van der Waals surface area contributed by atoms with Crippen LogP contribution in [0, 0.1) is 0 Å². The SMILES string of the molecule is [2H][C@]1(OC(C)=O)c2ccccc2CC[C@@H]1OC(C)=O. The summed E-state index contributed by atoms with van der Waals surface area (Å²) < 4.78 is 18.8. The van der Waals surface area contributed by atoms with Gasteiger partial charge in [-0.25, -0.2) is 0 Å². The molecule has 0 aliphatic heterocycles. The lowest BCUT2D eigenvalue weighted by atomic mass is 9.87. The molecule has 0 fully saturated rings. The number of benzene rings is 1. The second-order valence-corrected chi connectivity index (χ2v) is 4.25. The Hall–Kier alpha value is -1.84. The van der Waals surface area contributed by atoms with Crippen LogP contribution in [0.15, 0.2) is 24.3 Å². The van der Waals surface area contributed by atoms with Crippen molar-refractivity contribution >= 4 is 11.9 Å². The van der Waals surface area contributed by atoms with Crippen molar-refractivity contribution in [2.45, 2.75) is 38.9 Å². The molecule has 96 valence electrons. The van der Waals surface area contributed by atoms with Crippen LogP contribution in [0.1, 0.15) is 38.8 Å². The van der Waals surface area contributed by atoms with Gasteiger partial charge in [0.05, 0.1) is 1.37 Å². The van der Waals surface area contributed by atoms with E-state index in [1.54, 1.807) is 12.1 Å². The number of hydrogen-bond donors (Lipinski definition) is 0. The first-order valence-electron chi connectivity index (χ1n) is 6.38.